The second-order valence-corrected chi connectivity index (χ2v) is 10.7. The second kappa shape index (κ2) is 6.22. The van der Waals surface area contributed by atoms with Crippen molar-refractivity contribution in [3.05, 3.63) is 0 Å². The van der Waals surface area contributed by atoms with E-state index in [0.717, 1.165) is 0 Å². The van der Waals surface area contributed by atoms with Crippen LogP contribution in [0.2, 0.25) is 18.1 Å². The summed E-state index contributed by atoms with van der Waals surface area (Å²) in [6.07, 6.45) is -0.540. The van der Waals surface area contributed by atoms with Gasteiger partial charge in [0.1, 0.15) is 0 Å². The van der Waals surface area contributed by atoms with Crippen molar-refractivity contribution in [3.63, 3.8) is 0 Å². The maximum absolute atomic E-state index is 11.9. The van der Waals surface area contributed by atoms with Gasteiger partial charge in [-0.15, -0.1) is 0 Å². The van der Waals surface area contributed by atoms with Gasteiger partial charge < -0.3 is 14.5 Å². The Balaban J connectivity index is 4.37. The van der Waals surface area contributed by atoms with Crippen LogP contribution in [0.4, 0.5) is 4.79 Å². The first-order valence-electron chi connectivity index (χ1n) is 6.06. The van der Waals surface area contributed by atoms with Gasteiger partial charge in [-0.3, -0.25) is 4.79 Å². The van der Waals surface area contributed by atoms with Gasteiger partial charge in [-0.1, -0.05) is 27.7 Å². The minimum atomic E-state index is -2.09. The van der Waals surface area contributed by atoms with Crippen molar-refractivity contribution in [1.29, 1.82) is 0 Å². The number of nitrogens with one attached hydrogen (secondary N) is 1. The lowest BCUT2D eigenvalue weighted by Crippen LogP contribution is -2.45. The third-order valence-corrected chi connectivity index (χ3v) is 7.63. The van der Waals surface area contributed by atoms with Crippen molar-refractivity contribution in [2.45, 2.75) is 45.8 Å². The lowest BCUT2D eigenvalue weighted by Gasteiger charge is -2.36. The van der Waals surface area contributed by atoms with Crippen LogP contribution in [0, 0.1) is 5.92 Å². The molecule has 0 aromatic carbocycles. The van der Waals surface area contributed by atoms with Crippen LogP contribution in [0.1, 0.15) is 27.7 Å². The fraction of sp³-hybridized carbons (Fsp3) is 0.833. The van der Waals surface area contributed by atoms with Gasteiger partial charge in [0.15, 0.2) is 0 Å². The standard InChI is InChI=1S/C12H25NO4Si/c1-9(8-13-11(15)16-5)10(14)17-18(6,7)12(2,3)4/h9H,8H2,1-7H3,(H,13,15). The minimum absolute atomic E-state index is 0.0157. The summed E-state index contributed by atoms with van der Waals surface area (Å²) in [7, 11) is -0.803. The number of carbonyl (C=O) groups excluding carboxylic acids is 2. The molecule has 6 heteroatoms. The van der Waals surface area contributed by atoms with Gasteiger partial charge in [0.25, 0.3) is 14.3 Å². The Morgan fingerprint density at radius 1 is 1.28 bits per heavy atom. The first-order chi connectivity index (χ1) is 8.01. The largest absolute Gasteiger partial charge is 0.519 e. The van der Waals surface area contributed by atoms with Crippen LogP contribution in [-0.2, 0) is 14.0 Å². The third-order valence-electron chi connectivity index (χ3n) is 3.30. The molecule has 0 aliphatic carbocycles. The van der Waals surface area contributed by atoms with Crippen molar-refractivity contribution in [2.75, 3.05) is 13.7 Å². The van der Waals surface area contributed by atoms with Gasteiger partial charge in [-0.25, -0.2) is 4.79 Å². The molecule has 5 nitrogen and oxygen atoms in total. The number of hydrogen-bond acceptors (Lipinski definition) is 4. The zero-order valence-corrected chi connectivity index (χ0v) is 13.4. The summed E-state index contributed by atoms with van der Waals surface area (Å²) in [5.41, 5.74) is 0. The van der Waals surface area contributed by atoms with Crippen LogP contribution in [0.5, 0.6) is 0 Å². The molecule has 0 aliphatic heterocycles. The number of hydrogen-bond donors (Lipinski definition) is 1. The molecule has 0 bridgehead atoms. The Morgan fingerprint density at radius 3 is 2.17 bits per heavy atom. The van der Waals surface area contributed by atoms with Crippen LogP contribution in [0.3, 0.4) is 0 Å². The average molecular weight is 275 g/mol. The first-order valence-corrected chi connectivity index (χ1v) is 8.96. The average Bonchev–Trinajstić information content (AvgIpc) is 2.22. The van der Waals surface area contributed by atoms with E-state index >= 15 is 0 Å². The van der Waals surface area contributed by atoms with Crippen LogP contribution >= 0.6 is 0 Å². The number of methoxy groups -OCH3 is 1. The fourth-order valence-electron chi connectivity index (χ4n) is 0.897. The third kappa shape index (κ3) is 5.08. The van der Waals surface area contributed by atoms with E-state index in [2.05, 4.69) is 30.8 Å². The molecule has 0 heterocycles. The van der Waals surface area contributed by atoms with Gasteiger partial charge in [0.05, 0.1) is 13.0 Å². The predicted octanol–water partition coefficient (Wildman–Crippen LogP) is 2.53. The van der Waals surface area contributed by atoms with Gasteiger partial charge in [0.2, 0.25) is 0 Å². The summed E-state index contributed by atoms with van der Waals surface area (Å²) in [6, 6.07) is 0. The Morgan fingerprint density at radius 2 is 1.78 bits per heavy atom. The SMILES string of the molecule is COC(=O)NCC(C)C(=O)O[Si](C)(C)C(C)(C)C. The molecule has 106 valence electrons. The Bertz CT molecular complexity index is 310. The Labute approximate surface area is 110 Å². The lowest BCUT2D eigenvalue weighted by atomic mass is 10.2. The molecule has 1 unspecified atom stereocenters. The summed E-state index contributed by atoms with van der Waals surface area (Å²) >= 11 is 0. The molecule has 0 rings (SSSR count). The Kier molecular flexibility index (Phi) is 5.86. The second-order valence-electron chi connectivity index (χ2n) is 5.95. The number of rotatable bonds is 4. The van der Waals surface area contributed by atoms with Crippen molar-refractivity contribution in [3.8, 4) is 0 Å². The van der Waals surface area contributed by atoms with E-state index in [4.69, 9.17) is 4.43 Å². The van der Waals surface area contributed by atoms with E-state index in [0.29, 0.717) is 0 Å². The molecule has 1 atom stereocenters. The topological polar surface area (TPSA) is 64.6 Å². The highest BCUT2D eigenvalue weighted by Crippen LogP contribution is 2.36. The van der Waals surface area contributed by atoms with Crippen molar-refractivity contribution in [1.82, 2.24) is 5.32 Å². The zero-order valence-electron chi connectivity index (χ0n) is 12.4. The van der Waals surface area contributed by atoms with Gasteiger partial charge in [-0.2, -0.15) is 0 Å². The Hall–Kier alpha value is -1.04. The van der Waals surface area contributed by atoms with Crippen LogP contribution < -0.4 is 5.32 Å². The van der Waals surface area contributed by atoms with Crippen molar-refractivity contribution < 1.29 is 18.8 Å². The van der Waals surface area contributed by atoms with Crippen LogP contribution in [0.15, 0.2) is 0 Å². The van der Waals surface area contributed by atoms with Gasteiger partial charge >= 0.3 is 6.09 Å². The van der Waals surface area contributed by atoms with E-state index in [1.807, 2.05) is 13.1 Å². The molecule has 1 amide bonds. The lowest BCUT2D eigenvalue weighted by molar-refractivity contribution is -0.139. The van der Waals surface area contributed by atoms with E-state index in [1.54, 1.807) is 6.92 Å². The molecule has 0 aromatic heterocycles. The van der Waals surface area contributed by atoms with Crippen molar-refractivity contribution >= 4 is 20.4 Å². The smallest absolute Gasteiger partial charge is 0.406 e. The summed E-state index contributed by atoms with van der Waals surface area (Å²) < 4.78 is 10.1. The highest BCUT2D eigenvalue weighted by atomic mass is 28.4. The molecule has 18 heavy (non-hydrogen) atoms. The quantitative estimate of drug-likeness (QED) is 0.801. The van der Waals surface area contributed by atoms with E-state index < -0.39 is 14.4 Å². The summed E-state index contributed by atoms with van der Waals surface area (Å²) in [6.45, 7) is 12.2. The molecule has 0 saturated carbocycles. The van der Waals surface area contributed by atoms with Crippen LogP contribution in [0.25, 0.3) is 0 Å². The molecule has 0 radical (unpaired) electrons. The fourth-order valence-corrected chi connectivity index (χ4v) is 1.91. The molecule has 0 aliphatic rings. The molecule has 1 N–H and O–H groups in total. The summed E-state index contributed by atoms with van der Waals surface area (Å²) in [4.78, 5) is 22.8. The molecule has 0 spiro atoms. The highest BCUT2D eigenvalue weighted by Gasteiger charge is 2.41. The maximum atomic E-state index is 11.9. The van der Waals surface area contributed by atoms with Gasteiger partial charge in [-0.05, 0) is 18.1 Å². The minimum Gasteiger partial charge on any atom is -0.519 e. The zero-order chi connectivity index (χ0) is 14.6. The molecule has 0 fully saturated rings. The number of amides is 1. The maximum Gasteiger partial charge on any atom is 0.406 e. The molecular weight excluding hydrogens is 250 g/mol. The number of carbonyl (C=O) groups is 2. The predicted molar refractivity (Wildman–Crippen MR) is 72.9 cm³/mol. The molecule has 0 aromatic rings. The highest BCUT2D eigenvalue weighted by molar-refractivity contribution is 6.75. The normalized spacial score (nSPS) is 13.7. The summed E-state index contributed by atoms with van der Waals surface area (Å²) in [5.74, 6) is -0.642. The van der Waals surface area contributed by atoms with E-state index in [-0.39, 0.29) is 23.5 Å². The molecular formula is C12H25NO4Si. The summed E-state index contributed by atoms with van der Waals surface area (Å²) in [5, 5.41) is 2.48. The van der Waals surface area contributed by atoms with E-state index in [1.165, 1.54) is 7.11 Å². The van der Waals surface area contributed by atoms with E-state index in [9.17, 15) is 9.59 Å². The van der Waals surface area contributed by atoms with Crippen LogP contribution in [-0.4, -0.2) is 34.0 Å². The van der Waals surface area contributed by atoms with Gasteiger partial charge in [0, 0.05) is 6.54 Å². The van der Waals surface area contributed by atoms with Crippen molar-refractivity contribution in [2.24, 2.45) is 5.92 Å². The molecule has 0 saturated heterocycles. The number of alkyl carbamates (subject to hydrolysis) is 1. The number of ether oxygens (including phenoxy) is 1. The monoisotopic (exact) mass is 275 g/mol. The first kappa shape index (κ1) is 17.0.